The van der Waals surface area contributed by atoms with Crippen molar-refractivity contribution in [3.8, 4) is 0 Å². The molecule has 3 rings (SSSR count). The molecule has 1 saturated heterocycles. The summed E-state index contributed by atoms with van der Waals surface area (Å²) in [6, 6.07) is -0.739. The van der Waals surface area contributed by atoms with Crippen molar-refractivity contribution < 1.29 is 23.6 Å². The van der Waals surface area contributed by atoms with Gasteiger partial charge in [0.25, 0.3) is 0 Å². The van der Waals surface area contributed by atoms with Crippen LogP contribution in [-0.4, -0.2) is 65.0 Å². The van der Waals surface area contributed by atoms with Crippen molar-refractivity contribution in [2.75, 3.05) is 26.3 Å². The van der Waals surface area contributed by atoms with Crippen molar-refractivity contribution in [3.63, 3.8) is 0 Å². The summed E-state index contributed by atoms with van der Waals surface area (Å²) >= 11 is 0. The zero-order valence-electron chi connectivity index (χ0n) is 19.3. The second kappa shape index (κ2) is 12.1. The molecule has 9 heteroatoms. The smallest absolute Gasteiger partial charge is 0.240 e. The number of aromatic nitrogens is 2. The normalized spacial score (nSPS) is 19.4. The lowest BCUT2D eigenvalue weighted by Gasteiger charge is -2.30. The second-order valence-corrected chi connectivity index (χ2v) is 8.83. The molecule has 0 bridgehead atoms. The average Bonchev–Trinajstić information content (AvgIpc) is 3.32. The van der Waals surface area contributed by atoms with Crippen LogP contribution in [0.2, 0.25) is 0 Å². The first-order chi connectivity index (χ1) is 15.5. The summed E-state index contributed by atoms with van der Waals surface area (Å²) in [7, 11) is 0. The van der Waals surface area contributed by atoms with E-state index in [1.54, 1.807) is 4.90 Å². The molecule has 2 unspecified atom stereocenters. The molecule has 1 aliphatic carbocycles. The van der Waals surface area contributed by atoms with Gasteiger partial charge in [-0.25, -0.2) is 0 Å². The topological polar surface area (TPSA) is 115 Å². The monoisotopic (exact) mass is 448 g/mol. The van der Waals surface area contributed by atoms with Crippen LogP contribution in [0.3, 0.4) is 0 Å². The summed E-state index contributed by atoms with van der Waals surface area (Å²) in [6.07, 6.45) is 7.54. The second-order valence-electron chi connectivity index (χ2n) is 8.83. The van der Waals surface area contributed by atoms with E-state index in [0.29, 0.717) is 57.4 Å². The third kappa shape index (κ3) is 6.60. The molecule has 2 amide bonds. The first-order valence-electron chi connectivity index (χ1n) is 12.0. The number of hydrogen-bond donors (Lipinski definition) is 1. The van der Waals surface area contributed by atoms with E-state index >= 15 is 0 Å². The quantitative estimate of drug-likeness (QED) is 0.547. The van der Waals surface area contributed by atoms with Crippen LogP contribution in [-0.2, 0) is 20.7 Å². The van der Waals surface area contributed by atoms with Gasteiger partial charge in [0, 0.05) is 31.8 Å². The van der Waals surface area contributed by atoms with Crippen LogP contribution in [0.5, 0.6) is 0 Å². The highest BCUT2D eigenvalue weighted by Crippen LogP contribution is 2.30. The summed E-state index contributed by atoms with van der Waals surface area (Å²) < 4.78 is 10.4. The SMILES string of the molecule is CCc1nc(C(=O)C(CC)NC(=O)C(CC(=O)N2CCOCC2)CC2CCCCC2)no1. The molecule has 1 aliphatic heterocycles. The molecule has 178 valence electrons. The van der Waals surface area contributed by atoms with Crippen LogP contribution in [0, 0.1) is 11.8 Å². The van der Waals surface area contributed by atoms with Gasteiger partial charge in [-0.1, -0.05) is 51.1 Å². The van der Waals surface area contributed by atoms with Crippen molar-refractivity contribution >= 4 is 17.6 Å². The zero-order chi connectivity index (χ0) is 22.9. The van der Waals surface area contributed by atoms with Gasteiger partial charge >= 0.3 is 0 Å². The Kier molecular flexibility index (Phi) is 9.20. The highest BCUT2D eigenvalue weighted by Gasteiger charge is 2.32. The number of rotatable bonds is 10. The van der Waals surface area contributed by atoms with Crippen molar-refractivity contribution in [3.05, 3.63) is 11.7 Å². The summed E-state index contributed by atoms with van der Waals surface area (Å²) in [5, 5.41) is 6.64. The first kappa shape index (κ1) is 24.4. The molecule has 0 radical (unpaired) electrons. The minimum absolute atomic E-state index is 0.0118. The molecule has 0 aromatic carbocycles. The molecule has 9 nitrogen and oxygen atoms in total. The number of ether oxygens (including phenoxy) is 1. The van der Waals surface area contributed by atoms with Crippen LogP contribution in [0.4, 0.5) is 0 Å². The van der Waals surface area contributed by atoms with E-state index in [1.165, 1.54) is 19.3 Å². The van der Waals surface area contributed by atoms with E-state index in [1.807, 2.05) is 13.8 Å². The van der Waals surface area contributed by atoms with Crippen molar-refractivity contribution in [2.45, 2.75) is 77.7 Å². The van der Waals surface area contributed by atoms with Gasteiger partial charge in [-0.2, -0.15) is 4.98 Å². The maximum absolute atomic E-state index is 13.3. The average molecular weight is 449 g/mol. The van der Waals surface area contributed by atoms with Gasteiger partial charge in [0.15, 0.2) is 0 Å². The predicted octanol–water partition coefficient (Wildman–Crippen LogP) is 2.54. The van der Waals surface area contributed by atoms with E-state index in [4.69, 9.17) is 9.26 Å². The van der Waals surface area contributed by atoms with Crippen molar-refractivity contribution in [1.82, 2.24) is 20.4 Å². The Hall–Kier alpha value is -2.29. The van der Waals surface area contributed by atoms with Gasteiger partial charge in [-0.15, -0.1) is 0 Å². The summed E-state index contributed by atoms with van der Waals surface area (Å²) in [6.45, 7) is 5.87. The van der Waals surface area contributed by atoms with Crippen molar-refractivity contribution in [2.24, 2.45) is 11.8 Å². The molecule has 2 fully saturated rings. The van der Waals surface area contributed by atoms with E-state index in [-0.39, 0.29) is 29.8 Å². The van der Waals surface area contributed by atoms with Gasteiger partial charge in [-0.3, -0.25) is 14.4 Å². The van der Waals surface area contributed by atoms with E-state index in [2.05, 4.69) is 15.5 Å². The minimum Gasteiger partial charge on any atom is -0.378 e. The molecule has 1 aromatic heterocycles. The fourth-order valence-corrected chi connectivity index (χ4v) is 4.56. The first-order valence-corrected chi connectivity index (χ1v) is 12.0. The number of ketones is 1. The molecular weight excluding hydrogens is 412 g/mol. The standard InChI is InChI=1S/C23H36N4O5/c1-3-18(21(29)22-25-19(4-2)32-26-22)24-23(30)17(14-16-8-6-5-7-9-16)15-20(28)27-10-12-31-13-11-27/h16-18H,3-15H2,1-2H3,(H,24,30). The Morgan fingerprint density at radius 2 is 1.84 bits per heavy atom. The Bertz CT molecular complexity index is 768. The van der Waals surface area contributed by atoms with Crippen LogP contribution in [0.25, 0.3) is 0 Å². The van der Waals surface area contributed by atoms with Crippen LogP contribution >= 0.6 is 0 Å². The number of hydrogen-bond acceptors (Lipinski definition) is 7. The number of aryl methyl sites for hydroxylation is 1. The molecule has 0 spiro atoms. The van der Waals surface area contributed by atoms with Gasteiger partial charge in [0.2, 0.25) is 29.3 Å². The highest BCUT2D eigenvalue weighted by atomic mass is 16.5. The van der Waals surface area contributed by atoms with E-state index in [0.717, 1.165) is 12.8 Å². The third-order valence-electron chi connectivity index (χ3n) is 6.53. The number of carbonyl (C=O) groups excluding carboxylic acids is 3. The molecule has 1 saturated carbocycles. The number of nitrogens with one attached hydrogen (secondary N) is 1. The van der Waals surface area contributed by atoms with E-state index < -0.39 is 12.0 Å². The number of carbonyl (C=O) groups is 3. The fourth-order valence-electron chi connectivity index (χ4n) is 4.56. The van der Waals surface area contributed by atoms with Crippen LogP contribution < -0.4 is 5.32 Å². The van der Waals surface area contributed by atoms with Gasteiger partial charge < -0.3 is 19.5 Å². The maximum atomic E-state index is 13.3. The summed E-state index contributed by atoms with van der Waals surface area (Å²) in [5.41, 5.74) is 0. The lowest BCUT2D eigenvalue weighted by atomic mass is 9.81. The largest absolute Gasteiger partial charge is 0.378 e. The Balaban J connectivity index is 1.67. The minimum atomic E-state index is -0.739. The molecule has 1 N–H and O–H groups in total. The number of morpholine rings is 1. The molecule has 2 heterocycles. The number of nitrogens with zero attached hydrogens (tertiary/aromatic N) is 3. The third-order valence-corrected chi connectivity index (χ3v) is 6.53. The molecule has 2 aliphatic rings. The number of Topliss-reactive ketones (excluding diaryl/α,β-unsaturated/α-hetero) is 1. The highest BCUT2D eigenvalue weighted by molar-refractivity contribution is 5.99. The Labute approximate surface area is 189 Å². The lowest BCUT2D eigenvalue weighted by molar-refractivity contribution is -0.140. The van der Waals surface area contributed by atoms with Crippen molar-refractivity contribution in [1.29, 1.82) is 0 Å². The molecule has 2 atom stereocenters. The number of amides is 2. The van der Waals surface area contributed by atoms with Crippen LogP contribution in [0.15, 0.2) is 4.52 Å². The summed E-state index contributed by atoms with van der Waals surface area (Å²) in [4.78, 5) is 44.9. The van der Waals surface area contributed by atoms with E-state index in [9.17, 15) is 14.4 Å². The maximum Gasteiger partial charge on any atom is 0.240 e. The molecular formula is C23H36N4O5. The molecule has 32 heavy (non-hydrogen) atoms. The van der Waals surface area contributed by atoms with Gasteiger partial charge in [0.1, 0.15) is 0 Å². The Morgan fingerprint density at radius 1 is 1.12 bits per heavy atom. The zero-order valence-corrected chi connectivity index (χ0v) is 19.3. The van der Waals surface area contributed by atoms with Crippen LogP contribution in [0.1, 0.15) is 81.7 Å². The lowest BCUT2D eigenvalue weighted by Crippen LogP contribution is -2.46. The predicted molar refractivity (Wildman–Crippen MR) is 117 cm³/mol. The molecule has 1 aromatic rings. The fraction of sp³-hybridized carbons (Fsp3) is 0.783. The summed E-state index contributed by atoms with van der Waals surface area (Å²) in [5.74, 6) is -0.252. The van der Waals surface area contributed by atoms with Gasteiger partial charge in [-0.05, 0) is 18.8 Å². The Morgan fingerprint density at radius 3 is 2.47 bits per heavy atom. The van der Waals surface area contributed by atoms with Gasteiger partial charge in [0.05, 0.1) is 19.3 Å².